The van der Waals surface area contributed by atoms with E-state index in [0.717, 1.165) is 0 Å². The van der Waals surface area contributed by atoms with E-state index in [4.69, 9.17) is 5.11 Å². The van der Waals surface area contributed by atoms with Gasteiger partial charge in [0.1, 0.15) is 0 Å². The Hall–Kier alpha value is -0.560. The Morgan fingerprint density at radius 3 is 2.36 bits per heavy atom. The van der Waals surface area contributed by atoms with Crippen LogP contribution in [0, 0.1) is 16.2 Å². The summed E-state index contributed by atoms with van der Waals surface area (Å²) in [5.74, 6) is 0. The van der Waals surface area contributed by atoms with Gasteiger partial charge in [0, 0.05) is 5.41 Å². The van der Waals surface area contributed by atoms with E-state index in [1.807, 2.05) is 6.08 Å². The second kappa shape index (κ2) is 2.52. The maximum absolute atomic E-state index is 8.86. The molecule has 78 valence electrons. The predicted molar refractivity (Wildman–Crippen MR) is 58.9 cm³/mol. The fraction of sp³-hybridized carbons (Fsp3) is 0.692. The average Bonchev–Trinajstić information content (AvgIpc) is 2.52. The van der Waals surface area contributed by atoms with Crippen LogP contribution in [0.4, 0.5) is 0 Å². The average molecular weight is 192 g/mol. The summed E-state index contributed by atoms with van der Waals surface area (Å²) in [4.78, 5) is 0. The van der Waals surface area contributed by atoms with E-state index in [2.05, 4.69) is 33.4 Å². The summed E-state index contributed by atoms with van der Waals surface area (Å²) in [7, 11) is 0. The van der Waals surface area contributed by atoms with Crippen LogP contribution >= 0.6 is 0 Å². The van der Waals surface area contributed by atoms with Crippen LogP contribution in [0.1, 0.15) is 33.6 Å². The molecule has 3 rings (SSSR count). The zero-order valence-electron chi connectivity index (χ0n) is 9.43. The van der Waals surface area contributed by atoms with Crippen molar-refractivity contribution >= 4 is 0 Å². The smallest absolute Gasteiger partial charge is 0.0612 e. The van der Waals surface area contributed by atoms with Crippen molar-refractivity contribution in [1.29, 1.82) is 0 Å². The van der Waals surface area contributed by atoms with Gasteiger partial charge in [-0.3, -0.25) is 0 Å². The fourth-order valence-electron chi connectivity index (χ4n) is 3.70. The highest BCUT2D eigenvalue weighted by Gasteiger charge is 2.72. The van der Waals surface area contributed by atoms with Gasteiger partial charge in [-0.05, 0) is 23.7 Å². The van der Waals surface area contributed by atoms with Gasteiger partial charge in [-0.1, -0.05) is 45.1 Å². The molecule has 1 N–H and O–H groups in total. The maximum Gasteiger partial charge on any atom is 0.0612 e. The molecule has 1 heteroatoms. The number of aliphatic hydroxyl groups is 1. The van der Waals surface area contributed by atoms with Crippen molar-refractivity contribution in [3.05, 3.63) is 24.3 Å². The summed E-state index contributed by atoms with van der Waals surface area (Å²) in [6, 6.07) is 0. The molecule has 1 unspecified atom stereocenters. The Morgan fingerprint density at radius 1 is 1.36 bits per heavy atom. The molecule has 0 saturated heterocycles. The van der Waals surface area contributed by atoms with Gasteiger partial charge >= 0.3 is 0 Å². The molecular formula is C13H20O. The van der Waals surface area contributed by atoms with Crippen molar-refractivity contribution in [3.63, 3.8) is 0 Å². The minimum Gasteiger partial charge on any atom is -0.392 e. The first-order valence-electron chi connectivity index (χ1n) is 5.41. The van der Waals surface area contributed by atoms with Crippen LogP contribution < -0.4 is 0 Å². The molecule has 3 aliphatic carbocycles. The van der Waals surface area contributed by atoms with Gasteiger partial charge in [0.15, 0.2) is 0 Å². The van der Waals surface area contributed by atoms with Crippen molar-refractivity contribution in [2.24, 2.45) is 16.2 Å². The van der Waals surface area contributed by atoms with Gasteiger partial charge < -0.3 is 5.11 Å². The summed E-state index contributed by atoms with van der Waals surface area (Å²) in [6.07, 6.45) is 6.50. The topological polar surface area (TPSA) is 20.2 Å². The van der Waals surface area contributed by atoms with Crippen LogP contribution in [0.15, 0.2) is 24.3 Å². The summed E-state index contributed by atoms with van der Waals surface area (Å²) in [5, 5.41) is 8.86. The van der Waals surface area contributed by atoms with Crippen LogP contribution in [0.3, 0.4) is 0 Å². The van der Waals surface area contributed by atoms with Crippen molar-refractivity contribution in [1.82, 2.24) is 0 Å². The molecule has 3 fully saturated rings. The van der Waals surface area contributed by atoms with Gasteiger partial charge in [-0.15, -0.1) is 0 Å². The molecule has 2 bridgehead atoms. The second-order valence-electron chi connectivity index (χ2n) is 5.49. The molecule has 0 aromatic carbocycles. The van der Waals surface area contributed by atoms with E-state index in [9.17, 15) is 0 Å². The van der Waals surface area contributed by atoms with Crippen LogP contribution in [0.5, 0.6) is 0 Å². The lowest BCUT2D eigenvalue weighted by atomic mass is 9.41. The summed E-state index contributed by atoms with van der Waals surface area (Å²) >= 11 is 0. The number of hydrogen-bond acceptors (Lipinski definition) is 1. The molecular weight excluding hydrogens is 172 g/mol. The second-order valence-corrected chi connectivity index (χ2v) is 5.49. The molecule has 2 atom stereocenters. The van der Waals surface area contributed by atoms with E-state index < -0.39 is 0 Å². The van der Waals surface area contributed by atoms with Crippen LogP contribution in [0.25, 0.3) is 0 Å². The lowest BCUT2D eigenvalue weighted by Crippen LogP contribution is -2.55. The Labute approximate surface area is 86.5 Å². The molecule has 0 amide bonds. The van der Waals surface area contributed by atoms with Crippen LogP contribution in [-0.2, 0) is 0 Å². The highest BCUT2D eigenvalue weighted by Crippen LogP contribution is 2.80. The molecule has 1 nitrogen and oxygen atoms in total. The molecule has 0 aromatic rings. The molecule has 0 aromatic heterocycles. The van der Waals surface area contributed by atoms with E-state index in [-0.39, 0.29) is 12.0 Å². The van der Waals surface area contributed by atoms with E-state index in [1.54, 1.807) is 0 Å². The molecule has 0 spiro atoms. The number of allylic oxidation sites excluding steroid dienone is 2. The molecule has 0 heterocycles. The number of fused-ring (bicyclic) bond motifs is 1. The van der Waals surface area contributed by atoms with Gasteiger partial charge in [0.05, 0.1) is 6.61 Å². The van der Waals surface area contributed by atoms with Crippen LogP contribution in [0.2, 0.25) is 0 Å². The molecule has 0 aliphatic heterocycles. The Bertz CT molecular complexity index is 313. The lowest BCUT2D eigenvalue weighted by Gasteiger charge is -2.62. The van der Waals surface area contributed by atoms with Crippen molar-refractivity contribution in [2.45, 2.75) is 33.6 Å². The Balaban J connectivity index is 2.39. The summed E-state index contributed by atoms with van der Waals surface area (Å²) < 4.78 is 0. The normalized spacial score (nSPS) is 44.4. The Morgan fingerprint density at radius 2 is 2.00 bits per heavy atom. The van der Waals surface area contributed by atoms with E-state index in [1.165, 1.54) is 18.4 Å². The monoisotopic (exact) mass is 192 g/mol. The largest absolute Gasteiger partial charge is 0.392 e. The van der Waals surface area contributed by atoms with Crippen molar-refractivity contribution < 1.29 is 5.11 Å². The molecule has 0 radical (unpaired) electrons. The molecule has 3 saturated carbocycles. The van der Waals surface area contributed by atoms with Gasteiger partial charge in [-0.25, -0.2) is 0 Å². The third-order valence-electron chi connectivity index (χ3n) is 5.23. The lowest BCUT2D eigenvalue weighted by molar-refractivity contribution is -0.00732. The zero-order chi connectivity index (χ0) is 10.6. The SMILES string of the molecule is C=C1C2(/C=C/CO)CC[C@]1(C)C2(C)C. The van der Waals surface area contributed by atoms with Crippen LogP contribution in [-0.4, -0.2) is 11.7 Å². The standard InChI is InChI=1S/C13H20O/c1-10-12(4)7-8-13(10,6-5-9-14)11(12,2)3/h5-6,14H,1,7-9H2,2-4H3/b6-5+/t12-,13?/m0/s1. The minimum absolute atomic E-state index is 0.141. The van der Waals surface area contributed by atoms with Gasteiger partial charge in [0.25, 0.3) is 0 Å². The van der Waals surface area contributed by atoms with E-state index >= 15 is 0 Å². The van der Waals surface area contributed by atoms with Gasteiger partial charge in [0.2, 0.25) is 0 Å². The first-order valence-corrected chi connectivity index (χ1v) is 5.41. The fourth-order valence-corrected chi connectivity index (χ4v) is 3.70. The first kappa shape index (κ1) is 9.97. The number of rotatable bonds is 2. The number of aliphatic hydroxyl groups excluding tert-OH is 1. The van der Waals surface area contributed by atoms with Crippen molar-refractivity contribution in [2.75, 3.05) is 6.61 Å². The maximum atomic E-state index is 8.86. The highest BCUT2D eigenvalue weighted by atomic mass is 16.2. The summed E-state index contributed by atoms with van der Waals surface area (Å²) in [6.45, 7) is 11.4. The number of hydrogen-bond donors (Lipinski definition) is 1. The summed E-state index contributed by atoms with van der Waals surface area (Å²) in [5.41, 5.74) is 2.18. The molecule has 3 aliphatic rings. The minimum atomic E-state index is 0.141. The Kier molecular flexibility index (Phi) is 1.79. The third-order valence-corrected chi connectivity index (χ3v) is 5.23. The molecule has 14 heavy (non-hydrogen) atoms. The van der Waals surface area contributed by atoms with Gasteiger partial charge in [-0.2, -0.15) is 0 Å². The zero-order valence-corrected chi connectivity index (χ0v) is 9.43. The highest BCUT2D eigenvalue weighted by molar-refractivity contribution is 5.47. The quantitative estimate of drug-likeness (QED) is 0.667. The van der Waals surface area contributed by atoms with E-state index in [0.29, 0.717) is 10.8 Å². The first-order chi connectivity index (χ1) is 6.42. The predicted octanol–water partition coefficient (Wildman–Crippen LogP) is 2.92. The van der Waals surface area contributed by atoms with Crippen molar-refractivity contribution in [3.8, 4) is 0 Å². The third kappa shape index (κ3) is 0.726.